The number of amides is 1. The molecule has 0 aromatic rings. The van der Waals surface area contributed by atoms with Gasteiger partial charge in [-0.05, 0) is 25.7 Å². The minimum Gasteiger partial charge on any atom is -0.370 e. The summed E-state index contributed by atoms with van der Waals surface area (Å²) in [6.45, 7) is 1.59. The van der Waals surface area contributed by atoms with Crippen LogP contribution in [0.4, 0.5) is 0 Å². The van der Waals surface area contributed by atoms with Crippen LogP contribution in [-0.2, 0) is 4.79 Å². The number of carbonyl (C=O) groups excluding carboxylic acids is 1. The fourth-order valence-corrected chi connectivity index (χ4v) is 1.44. The molecule has 0 rings (SSSR count). The predicted octanol–water partition coefficient (Wildman–Crippen LogP) is -2.46. The summed E-state index contributed by atoms with van der Waals surface area (Å²) in [5.74, 6) is -0.0443. The van der Waals surface area contributed by atoms with Gasteiger partial charge in [-0.25, -0.2) is 0 Å². The lowest BCUT2D eigenvalue weighted by atomic mass is 10.1. The minimum absolute atomic E-state index is 0.0452. The Hall–Kier alpha value is -2.03. The molecule has 0 aromatic carbocycles. The quantitative estimate of drug-likeness (QED) is 0.147. The molecule has 0 saturated heterocycles. The van der Waals surface area contributed by atoms with E-state index in [4.69, 9.17) is 28.7 Å². The molecule has 9 heteroatoms. The van der Waals surface area contributed by atoms with E-state index in [1.807, 2.05) is 0 Å². The molecule has 0 aliphatic rings. The summed E-state index contributed by atoms with van der Waals surface area (Å²) in [6.07, 6.45) is 2.80. The van der Waals surface area contributed by atoms with Gasteiger partial charge in [0, 0.05) is 19.6 Å². The maximum atomic E-state index is 11.6. The Morgan fingerprint density at radius 3 is 2.05 bits per heavy atom. The number of carbonyl (C=O) groups is 1. The van der Waals surface area contributed by atoms with Gasteiger partial charge in [0.05, 0.1) is 6.04 Å². The van der Waals surface area contributed by atoms with E-state index in [9.17, 15) is 4.79 Å². The molecule has 20 heavy (non-hydrogen) atoms. The number of nitrogens with zero attached hydrogens (tertiary/aromatic N) is 2. The Labute approximate surface area is 119 Å². The number of nitrogens with one attached hydrogen (secondary N) is 1. The molecule has 0 aliphatic heterocycles. The molecule has 0 aromatic heterocycles. The average Bonchev–Trinajstić information content (AvgIpc) is 2.37. The second kappa shape index (κ2) is 10.9. The fourth-order valence-electron chi connectivity index (χ4n) is 1.44. The van der Waals surface area contributed by atoms with Gasteiger partial charge in [0.15, 0.2) is 11.9 Å². The lowest BCUT2D eigenvalue weighted by Gasteiger charge is -2.11. The molecule has 0 bridgehead atoms. The van der Waals surface area contributed by atoms with E-state index in [0.29, 0.717) is 32.5 Å². The summed E-state index contributed by atoms with van der Waals surface area (Å²) >= 11 is 0. The number of guanidine groups is 2. The Morgan fingerprint density at radius 2 is 1.50 bits per heavy atom. The molecule has 0 fully saturated rings. The molecule has 0 saturated carbocycles. The largest absolute Gasteiger partial charge is 0.370 e. The van der Waals surface area contributed by atoms with Crippen molar-refractivity contribution in [1.82, 2.24) is 5.32 Å². The zero-order valence-electron chi connectivity index (χ0n) is 11.7. The second-order valence-electron chi connectivity index (χ2n) is 4.36. The van der Waals surface area contributed by atoms with E-state index < -0.39 is 6.04 Å². The smallest absolute Gasteiger partial charge is 0.236 e. The summed E-state index contributed by atoms with van der Waals surface area (Å²) < 4.78 is 0. The molecule has 9 nitrogen and oxygen atoms in total. The molecule has 11 N–H and O–H groups in total. The molecule has 0 unspecified atom stereocenters. The first-order chi connectivity index (χ1) is 9.43. The van der Waals surface area contributed by atoms with E-state index in [1.165, 1.54) is 0 Å². The van der Waals surface area contributed by atoms with E-state index in [0.717, 1.165) is 12.8 Å². The van der Waals surface area contributed by atoms with Gasteiger partial charge >= 0.3 is 0 Å². The van der Waals surface area contributed by atoms with Gasteiger partial charge in [0.25, 0.3) is 0 Å². The minimum atomic E-state index is -0.540. The molecule has 0 heterocycles. The van der Waals surface area contributed by atoms with Crippen molar-refractivity contribution >= 4 is 17.8 Å². The lowest BCUT2D eigenvalue weighted by molar-refractivity contribution is -0.122. The molecular weight excluding hydrogens is 260 g/mol. The van der Waals surface area contributed by atoms with Crippen molar-refractivity contribution in [2.24, 2.45) is 38.7 Å². The zero-order chi connectivity index (χ0) is 15.4. The van der Waals surface area contributed by atoms with E-state index in [2.05, 4.69) is 15.3 Å². The zero-order valence-corrected chi connectivity index (χ0v) is 11.7. The van der Waals surface area contributed by atoms with Gasteiger partial charge in [0.1, 0.15) is 0 Å². The lowest BCUT2D eigenvalue weighted by Crippen LogP contribution is -2.41. The first-order valence-electron chi connectivity index (χ1n) is 6.57. The van der Waals surface area contributed by atoms with Gasteiger partial charge in [-0.3, -0.25) is 14.8 Å². The monoisotopic (exact) mass is 286 g/mol. The number of nitrogens with two attached hydrogens (primary N) is 5. The van der Waals surface area contributed by atoms with Crippen molar-refractivity contribution in [3.8, 4) is 0 Å². The molecule has 116 valence electrons. The van der Waals surface area contributed by atoms with Crippen LogP contribution in [-0.4, -0.2) is 43.5 Å². The Morgan fingerprint density at radius 1 is 0.950 bits per heavy atom. The molecule has 1 amide bonds. The van der Waals surface area contributed by atoms with Gasteiger partial charge in [-0.15, -0.1) is 0 Å². The van der Waals surface area contributed by atoms with E-state index >= 15 is 0 Å². The van der Waals surface area contributed by atoms with Crippen LogP contribution in [0.25, 0.3) is 0 Å². The van der Waals surface area contributed by atoms with Crippen LogP contribution in [0.2, 0.25) is 0 Å². The van der Waals surface area contributed by atoms with Gasteiger partial charge in [0.2, 0.25) is 5.91 Å². The standard InChI is InChI=1S/C11H26N8O/c12-8(4-3-7-19-11(15)16)9(20)17-5-1-2-6-18-10(13)14/h8H,1-7,12H2,(H,17,20)(H4,13,14,18)(H4,15,16,19)/t8-/m0/s1. The average molecular weight is 286 g/mol. The van der Waals surface area contributed by atoms with Crippen LogP contribution in [0.5, 0.6) is 0 Å². The maximum Gasteiger partial charge on any atom is 0.236 e. The summed E-state index contributed by atoms with van der Waals surface area (Å²) in [5, 5.41) is 2.76. The number of unbranched alkanes of at least 4 members (excludes halogenated alkanes) is 1. The maximum absolute atomic E-state index is 11.6. The van der Waals surface area contributed by atoms with Crippen LogP contribution in [0.15, 0.2) is 9.98 Å². The highest BCUT2D eigenvalue weighted by atomic mass is 16.2. The summed E-state index contributed by atoms with van der Waals surface area (Å²) in [4.78, 5) is 19.3. The molecule has 0 aliphatic carbocycles. The predicted molar refractivity (Wildman–Crippen MR) is 80.8 cm³/mol. The number of rotatable bonds is 10. The third-order valence-electron chi connectivity index (χ3n) is 2.48. The molecule has 1 atom stereocenters. The van der Waals surface area contributed by atoms with Crippen LogP contribution in [0.1, 0.15) is 25.7 Å². The van der Waals surface area contributed by atoms with Crippen molar-refractivity contribution in [3.63, 3.8) is 0 Å². The highest BCUT2D eigenvalue weighted by Crippen LogP contribution is 1.96. The van der Waals surface area contributed by atoms with Crippen LogP contribution < -0.4 is 34.0 Å². The molecule has 0 radical (unpaired) electrons. The van der Waals surface area contributed by atoms with Gasteiger partial charge < -0.3 is 34.0 Å². The topological polar surface area (TPSA) is 184 Å². The first kappa shape index (κ1) is 18.0. The van der Waals surface area contributed by atoms with Crippen molar-refractivity contribution in [2.75, 3.05) is 19.6 Å². The van der Waals surface area contributed by atoms with Crippen LogP contribution >= 0.6 is 0 Å². The summed E-state index contributed by atoms with van der Waals surface area (Å²) in [5.41, 5.74) is 26.5. The third-order valence-corrected chi connectivity index (χ3v) is 2.48. The fraction of sp³-hybridized carbons (Fsp3) is 0.727. The number of aliphatic imine (C=N–C) groups is 2. The Bertz CT molecular complexity index is 333. The van der Waals surface area contributed by atoms with E-state index in [1.54, 1.807) is 0 Å². The Balaban J connectivity index is 3.60. The van der Waals surface area contributed by atoms with Gasteiger partial charge in [-0.2, -0.15) is 0 Å². The highest BCUT2D eigenvalue weighted by Gasteiger charge is 2.11. The highest BCUT2D eigenvalue weighted by molar-refractivity contribution is 5.81. The van der Waals surface area contributed by atoms with Gasteiger partial charge in [-0.1, -0.05) is 0 Å². The van der Waals surface area contributed by atoms with Crippen molar-refractivity contribution < 1.29 is 4.79 Å². The van der Waals surface area contributed by atoms with Crippen molar-refractivity contribution in [3.05, 3.63) is 0 Å². The molecule has 0 spiro atoms. The van der Waals surface area contributed by atoms with Crippen LogP contribution in [0, 0.1) is 0 Å². The SMILES string of the molecule is NC(N)=NCCCCNC(=O)[C@@H](N)CCCN=C(N)N. The summed E-state index contributed by atoms with van der Waals surface area (Å²) in [6, 6.07) is -0.540. The normalized spacial score (nSPS) is 11.4. The van der Waals surface area contributed by atoms with Crippen LogP contribution in [0.3, 0.4) is 0 Å². The van der Waals surface area contributed by atoms with Crippen molar-refractivity contribution in [2.45, 2.75) is 31.7 Å². The van der Waals surface area contributed by atoms with E-state index in [-0.39, 0.29) is 17.8 Å². The van der Waals surface area contributed by atoms with Crippen molar-refractivity contribution in [1.29, 1.82) is 0 Å². The first-order valence-corrected chi connectivity index (χ1v) is 6.57. The summed E-state index contributed by atoms with van der Waals surface area (Å²) in [7, 11) is 0. The third kappa shape index (κ3) is 11.1. The number of hydrogen-bond donors (Lipinski definition) is 6. The molecular formula is C11H26N8O. The Kier molecular flexibility index (Phi) is 9.75. The second-order valence-corrected chi connectivity index (χ2v) is 4.36. The number of hydrogen-bond acceptors (Lipinski definition) is 4.